The standard InChI is InChI=1S/C46H26N2S3/c1-3-19-39-34(13-1)36-17-7-15-32(44(36)49-39)29-10-5-9-27(23-29)28-21-22-41-38(25-28)43-46(51-41)42(47-26-48-43)31-12-6-11-30(24-31)33-16-8-18-37-35-14-2-4-20-40(35)50-45(33)37/h1-26H/i1D,2D,3D,4D,5D,6D,7D,8D,9D,10D,11D,12D,13D,14D,15D,16D,17D,18D,19D,20D,23D,24D. The molecule has 0 fully saturated rings. The topological polar surface area (TPSA) is 25.8 Å². The molecule has 0 saturated heterocycles. The fourth-order valence-electron chi connectivity index (χ4n) is 6.12. The van der Waals surface area contributed by atoms with Crippen LogP contribution < -0.4 is 0 Å². The Hall–Kier alpha value is -5.72. The van der Waals surface area contributed by atoms with E-state index in [-0.39, 0.29) is 95.2 Å². The zero-order valence-electron chi connectivity index (χ0n) is 47.4. The lowest BCUT2D eigenvalue weighted by Gasteiger charge is -2.08. The molecule has 0 aliphatic heterocycles. The SMILES string of the molecule is [2H]c1c([2H])c(-c2ccc3sc4c(-c5c([2H])c([2H])c([2H])c(-c6c([2H])c([2H])c([2H])c7c6sc6c([2H])c([2H])c([2H])c([2H])c67)c5[2H])ncnc4c3c2)c([2H])c(-c2c([2H])c([2H])c([2H])c3c2sc2c([2H])c([2H])c([2H])c([2H])c23)c1[2H]. The molecular formula is C46H26N2S3. The van der Waals surface area contributed by atoms with E-state index in [4.69, 9.17) is 27.4 Å². The molecule has 4 heterocycles. The molecule has 0 bridgehead atoms. The van der Waals surface area contributed by atoms with E-state index < -0.39 is 133 Å². The summed E-state index contributed by atoms with van der Waals surface area (Å²) in [7, 11) is 0. The maximum Gasteiger partial charge on any atom is 0.116 e. The van der Waals surface area contributed by atoms with E-state index in [2.05, 4.69) is 9.97 Å². The fraction of sp³-hybridized carbons (Fsp3) is 0. The summed E-state index contributed by atoms with van der Waals surface area (Å²) in [4.78, 5) is 8.99. The third kappa shape index (κ3) is 4.59. The van der Waals surface area contributed by atoms with Gasteiger partial charge in [0.1, 0.15) is 6.33 Å². The maximum atomic E-state index is 9.63. The Balaban J connectivity index is 1.14. The van der Waals surface area contributed by atoms with Gasteiger partial charge in [-0.15, -0.1) is 34.0 Å². The number of nitrogens with zero attached hydrogens (tertiary/aromatic N) is 2. The van der Waals surface area contributed by atoms with Crippen LogP contribution in [0.15, 0.2) is 157 Å². The summed E-state index contributed by atoms with van der Waals surface area (Å²) in [5, 5.41) is 0.0783. The van der Waals surface area contributed by atoms with E-state index in [0.29, 0.717) is 10.1 Å². The largest absolute Gasteiger partial charge is 0.235 e. The van der Waals surface area contributed by atoms with Gasteiger partial charge < -0.3 is 0 Å². The summed E-state index contributed by atoms with van der Waals surface area (Å²) in [6, 6.07) is -7.65. The average molecular weight is 725 g/mol. The number of aromatic nitrogens is 2. The van der Waals surface area contributed by atoms with Crippen LogP contribution in [0.4, 0.5) is 0 Å². The van der Waals surface area contributed by atoms with Crippen molar-refractivity contribution in [1.82, 2.24) is 9.97 Å². The smallest absolute Gasteiger partial charge is 0.116 e. The van der Waals surface area contributed by atoms with Crippen molar-refractivity contribution in [3.63, 3.8) is 0 Å². The van der Waals surface area contributed by atoms with Crippen LogP contribution in [-0.2, 0) is 0 Å². The molecule has 0 aliphatic carbocycles. The number of rotatable bonds is 4. The Bertz CT molecular complexity index is 4430. The first-order chi connectivity index (χ1) is 34.4. The first-order valence-electron chi connectivity index (χ1n) is 26.2. The Morgan fingerprint density at radius 2 is 0.961 bits per heavy atom. The normalized spacial score (nSPS) is 18.0. The minimum Gasteiger partial charge on any atom is -0.235 e. The summed E-state index contributed by atoms with van der Waals surface area (Å²) in [6.45, 7) is 0. The third-order valence-electron chi connectivity index (χ3n) is 8.40. The lowest BCUT2D eigenvalue weighted by atomic mass is 9.97. The maximum absolute atomic E-state index is 9.63. The van der Waals surface area contributed by atoms with Gasteiger partial charge in [0.05, 0.1) is 46.1 Å². The lowest BCUT2D eigenvalue weighted by molar-refractivity contribution is 1.24. The van der Waals surface area contributed by atoms with Crippen molar-refractivity contribution < 1.29 is 30.2 Å². The monoisotopic (exact) mass is 724 g/mol. The predicted molar refractivity (Wildman–Crippen MR) is 222 cm³/mol. The number of hydrogen-bond donors (Lipinski definition) is 0. The van der Waals surface area contributed by atoms with Gasteiger partial charge in [0.2, 0.25) is 0 Å². The summed E-state index contributed by atoms with van der Waals surface area (Å²) in [5.74, 6) is 0. The molecule has 4 aromatic heterocycles. The van der Waals surface area contributed by atoms with Gasteiger partial charge in [-0.3, -0.25) is 0 Å². The van der Waals surface area contributed by atoms with Crippen molar-refractivity contribution in [1.29, 1.82) is 0 Å². The highest BCUT2D eigenvalue weighted by molar-refractivity contribution is 7.27. The summed E-state index contributed by atoms with van der Waals surface area (Å²) in [5.41, 5.74) is -1.23. The van der Waals surface area contributed by atoms with Crippen LogP contribution >= 0.6 is 34.0 Å². The molecule has 0 amide bonds. The Morgan fingerprint density at radius 3 is 1.65 bits per heavy atom. The molecule has 7 aromatic carbocycles. The van der Waals surface area contributed by atoms with Gasteiger partial charge in [0.15, 0.2) is 0 Å². The van der Waals surface area contributed by atoms with E-state index in [0.717, 1.165) is 40.3 Å². The van der Waals surface area contributed by atoms with Crippen LogP contribution in [0.2, 0.25) is 0 Å². The van der Waals surface area contributed by atoms with Gasteiger partial charge in [0, 0.05) is 56.0 Å². The zero-order valence-corrected chi connectivity index (χ0v) is 27.9. The second-order valence-electron chi connectivity index (χ2n) is 11.2. The molecule has 11 aromatic rings. The number of fused-ring (bicyclic) bond motifs is 9. The van der Waals surface area contributed by atoms with Crippen LogP contribution in [0, 0.1) is 0 Å². The second kappa shape index (κ2) is 11.4. The summed E-state index contributed by atoms with van der Waals surface area (Å²) < 4.78 is 195. The van der Waals surface area contributed by atoms with Gasteiger partial charge >= 0.3 is 0 Å². The van der Waals surface area contributed by atoms with Gasteiger partial charge in [0.25, 0.3) is 0 Å². The van der Waals surface area contributed by atoms with Gasteiger partial charge in [-0.25, -0.2) is 9.97 Å². The van der Waals surface area contributed by atoms with Crippen molar-refractivity contribution in [2.45, 2.75) is 0 Å². The zero-order chi connectivity index (χ0) is 52.6. The molecular weight excluding hydrogens is 677 g/mol. The van der Waals surface area contributed by atoms with Crippen molar-refractivity contribution in [2.75, 3.05) is 0 Å². The van der Waals surface area contributed by atoms with Crippen LogP contribution in [0.1, 0.15) is 30.2 Å². The fourth-order valence-corrected chi connectivity index (χ4v) is 9.39. The molecule has 0 N–H and O–H groups in total. The van der Waals surface area contributed by atoms with E-state index >= 15 is 0 Å². The van der Waals surface area contributed by atoms with E-state index in [1.54, 1.807) is 18.2 Å². The molecule has 0 unspecified atom stereocenters. The highest BCUT2D eigenvalue weighted by atomic mass is 32.1. The lowest BCUT2D eigenvalue weighted by Crippen LogP contribution is -1.87. The number of benzene rings is 7. The quantitative estimate of drug-likeness (QED) is 0.181. The van der Waals surface area contributed by atoms with Crippen LogP contribution in [0.3, 0.4) is 0 Å². The molecule has 2 nitrogen and oxygen atoms in total. The minimum atomic E-state index is -0.678. The molecule has 11 rings (SSSR count). The molecule has 238 valence electrons. The van der Waals surface area contributed by atoms with Gasteiger partial charge in [-0.05, 0) is 69.7 Å². The van der Waals surface area contributed by atoms with E-state index in [1.807, 2.05) is 0 Å². The first-order valence-corrected chi connectivity index (χ1v) is 17.6. The van der Waals surface area contributed by atoms with Gasteiger partial charge in [-0.1, -0.05) is 115 Å². The highest BCUT2D eigenvalue weighted by Gasteiger charge is 2.17. The Morgan fingerprint density at radius 1 is 0.412 bits per heavy atom. The summed E-state index contributed by atoms with van der Waals surface area (Å²) >= 11 is 2.71. The Labute approximate surface area is 336 Å². The third-order valence-corrected chi connectivity index (χ3v) is 11.8. The molecule has 0 aliphatic rings. The average Bonchev–Trinajstić information content (AvgIpc) is 4.08. The van der Waals surface area contributed by atoms with Crippen molar-refractivity contribution in [3.8, 4) is 44.6 Å². The number of thiophene rings is 3. The van der Waals surface area contributed by atoms with E-state index in [1.165, 1.54) is 0 Å². The molecule has 0 spiro atoms. The van der Waals surface area contributed by atoms with Crippen LogP contribution in [0.25, 0.3) is 105 Å². The van der Waals surface area contributed by atoms with Crippen LogP contribution in [0.5, 0.6) is 0 Å². The predicted octanol–water partition coefficient (Wildman–Crippen LogP) is 14.2. The highest BCUT2D eigenvalue weighted by Crippen LogP contribution is 2.44. The van der Waals surface area contributed by atoms with Crippen LogP contribution in [-0.4, -0.2) is 9.97 Å². The molecule has 51 heavy (non-hydrogen) atoms. The van der Waals surface area contributed by atoms with E-state index in [9.17, 15) is 2.74 Å². The van der Waals surface area contributed by atoms with Crippen molar-refractivity contribution in [3.05, 3.63) is 157 Å². The first kappa shape index (κ1) is 14.9. The number of hydrogen-bond acceptors (Lipinski definition) is 5. The molecule has 5 heteroatoms. The van der Waals surface area contributed by atoms with Crippen molar-refractivity contribution >= 4 is 94.7 Å². The van der Waals surface area contributed by atoms with Crippen molar-refractivity contribution in [2.24, 2.45) is 0 Å². The second-order valence-corrected chi connectivity index (χ2v) is 14.3. The molecule has 0 atom stereocenters. The van der Waals surface area contributed by atoms with Gasteiger partial charge in [-0.2, -0.15) is 0 Å². The Kier molecular flexibility index (Phi) is 3.32. The minimum absolute atomic E-state index is 0.00969. The molecule has 0 saturated carbocycles. The summed E-state index contributed by atoms with van der Waals surface area (Å²) in [6.07, 6.45) is 1.14. The molecule has 0 radical (unpaired) electrons.